The Hall–Kier alpha value is -2.56. The predicted octanol–water partition coefficient (Wildman–Crippen LogP) is 3.03. The third-order valence-corrected chi connectivity index (χ3v) is 3.28. The topological polar surface area (TPSA) is 50.1 Å². The van der Waals surface area contributed by atoms with Crippen LogP contribution in [-0.2, 0) is 13.6 Å². The highest BCUT2D eigenvalue weighted by molar-refractivity contribution is 5.75. The number of imidazole rings is 1. The second-order valence-corrected chi connectivity index (χ2v) is 4.59. The van der Waals surface area contributed by atoms with Gasteiger partial charge >= 0.3 is 0 Å². The van der Waals surface area contributed by atoms with Crippen LogP contribution in [0.5, 0.6) is 5.75 Å². The van der Waals surface area contributed by atoms with Crippen LogP contribution in [0.3, 0.4) is 0 Å². The lowest BCUT2D eigenvalue weighted by Crippen LogP contribution is -2.06. The molecule has 0 aliphatic carbocycles. The van der Waals surface area contributed by atoms with Crippen LogP contribution in [0.2, 0.25) is 0 Å². The van der Waals surface area contributed by atoms with Gasteiger partial charge in [-0.05, 0) is 24.3 Å². The number of hydrogen-bond acceptors (Lipinski definition) is 3. The minimum atomic E-state index is -0.462. The molecular formula is C15H14FN3O. The lowest BCUT2D eigenvalue weighted by atomic mass is 10.3. The van der Waals surface area contributed by atoms with E-state index in [9.17, 15) is 9.50 Å². The molecule has 0 atom stereocenters. The minimum Gasteiger partial charge on any atom is -0.506 e. The molecule has 0 radical (unpaired) electrons. The van der Waals surface area contributed by atoms with Crippen molar-refractivity contribution >= 4 is 16.7 Å². The molecule has 0 aliphatic heterocycles. The molecule has 3 rings (SSSR count). The number of phenols is 1. The summed E-state index contributed by atoms with van der Waals surface area (Å²) in [5, 5.41) is 12.7. The quantitative estimate of drug-likeness (QED) is 0.720. The number of aromatic nitrogens is 2. The Balaban J connectivity index is 1.85. The fourth-order valence-electron chi connectivity index (χ4n) is 2.18. The Kier molecular flexibility index (Phi) is 3.02. The molecule has 0 fully saturated rings. The SMILES string of the molecule is Cn1c(CNc2ccc(F)cc2O)nc2ccccc21. The number of nitrogens with one attached hydrogen (secondary N) is 1. The number of anilines is 1. The first-order valence-electron chi connectivity index (χ1n) is 6.28. The van der Waals surface area contributed by atoms with Crippen LogP contribution >= 0.6 is 0 Å². The Morgan fingerprint density at radius 1 is 1.25 bits per heavy atom. The van der Waals surface area contributed by atoms with E-state index in [1.807, 2.05) is 35.9 Å². The molecule has 0 aliphatic rings. The first-order chi connectivity index (χ1) is 9.65. The molecule has 0 bridgehead atoms. The summed E-state index contributed by atoms with van der Waals surface area (Å²) in [6.45, 7) is 0.449. The number of benzene rings is 2. The summed E-state index contributed by atoms with van der Waals surface area (Å²) in [4.78, 5) is 4.52. The highest BCUT2D eigenvalue weighted by Gasteiger charge is 2.08. The van der Waals surface area contributed by atoms with E-state index in [1.54, 1.807) is 0 Å². The number of fused-ring (bicyclic) bond motifs is 1. The average Bonchev–Trinajstić information content (AvgIpc) is 2.75. The van der Waals surface area contributed by atoms with Gasteiger partial charge in [0.05, 0.1) is 23.3 Å². The van der Waals surface area contributed by atoms with E-state index < -0.39 is 5.82 Å². The maximum absolute atomic E-state index is 12.9. The minimum absolute atomic E-state index is 0.108. The van der Waals surface area contributed by atoms with Crippen LogP contribution in [0, 0.1) is 5.82 Å². The number of hydrogen-bond donors (Lipinski definition) is 2. The van der Waals surface area contributed by atoms with Gasteiger partial charge in [-0.25, -0.2) is 9.37 Å². The number of phenolic OH excluding ortho intramolecular Hbond substituents is 1. The van der Waals surface area contributed by atoms with Crippen LogP contribution < -0.4 is 5.32 Å². The Morgan fingerprint density at radius 2 is 2.05 bits per heavy atom. The summed E-state index contributed by atoms with van der Waals surface area (Å²) in [6.07, 6.45) is 0. The van der Waals surface area contributed by atoms with E-state index in [4.69, 9.17) is 0 Å². The smallest absolute Gasteiger partial charge is 0.141 e. The molecule has 0 unspecified atom stereocenters. The van der Waals surface area contributed by atoms with Gasteiger partial charge in [0.25, 0.3) is 0 Å². The zero-order valence-electron chi connectivity index (χ0n) is 11.0. The summed E-state index contributed by atoms with van der Waals surface area (Å²) >= 11 is 0. The molecular weight excluding hydrogens is 257 g/mol. The van der Waals surface area contributed by atoms with Crippen molar-refractivity contribution < 1.29 is 9.50 Å². The molecule has 0 saturated carbocycles. The monoisotopic (exact) mass is 271 g/mol. The second-order valence-electron chi connectivity index (χ2n) is 4.59. The molecule has 0 saturated heterocycles. The van der Waals surface area contributed by atoms with Gasteiger partial charge in [0.2, 0.25) is 0 Å². The van der Waals surface area contributed by atoms with Crippen LogP contribution in [0.15, 0.2) is 42.5 Å². The Labute approximate surface area is 115 Å². The summed E-state index contributed by atoms with van der Waals surface area (Å²) < 4.78 is 14.9. The van der Waals surface area contributed by atoms with Gasteiger partial charge in [-0.2, -0.15) is 0 Å². The van der Waals surface area contributed by atoms with E-state index >= 15 is 0 Å². The molecule has 3 aromatic rings. The van der Waals surface area contributed by atoms with Crippen molar-refractivity contribution in [2.45, 2.75) is 6.54 Å². The molecule has 2 N–H and O–H groups in total. The number of aryl methyl sites for hydroxylation is 1. The van der Waals surface area contributed by atoms with E-state index in [1.165, 1.54) is 12.1 Å². The van der Waals surface area contributed by atoms with E-state index in [0.29, 0.717) is 12.2 Å². The number of nitrogens with zero attached hydrogens (tertiary/aromatic N) is 2. The molecule has 102 valence electrons. The summed E-state index contributed by atoms with van der Waals surface area (Å²) in [5.41, 5.74) is 2.46. The molecule has 2 aromatic carbocycles. The maximum atomic E-state index is 12.9. The standard InChI is InChI=1S/C15H14FN3O/c1-19-13-5-3-2-4-11(13)18-15(19)9-17-12-7-6-10(16)8-14(12)20/h2-8,17,20H,9H2,1H3. The van der Waals surface area contributed by atoms with E-state index in [-0.39, 0.29) is 5.75 Å². The third kappa shape index (κ3) is 2.18. The van der Waals surface area contributed by atoms with Gasteiger partial charge in [0.15, 0.2) is 0 Å². The van der Waals surface area contributed by atoms with Gasteiger partial charge in [0, 0.05) is 13.1 Å². The maximum Gasteiger partial charge on any atom is 0.141 e. The van der Waals surface area contributed by atoms with Gasteiger partial charge in [0.1, 0.15) is 17.4 Å². The van der Waals surface area contributed by atoms with Crippen LogP contribution in [0.25, 0.3) is 11.0 Å². The van der Waals surface area contributed by atoms with Crippen molar-refractivity contribution in [2.24, 2.45) is 7.05 Å². The first kappa shape index (κ1) is 12.5. The average molecular weight is 271 g/mol. The number of aromatic hydroxyl groups is 1. The largest absolute Gasteiger partial charge is 0.506 e. The fourth-order valence-corrected chi connectivity index (χ4v) is 2.18. The van der Waals surface area contributed by atoms with Crippen LogP contribution in [-0.4, -0.2) is 14.7 Å². The Morgan fingerprint density at radius 3 is 2.80 bits per heavy atom. The second kappa shape index (κ2) is 4.85. The zero-order chi connectivity index (χ0) is 14.1. The molecule has 1 aromatic heterocycles. The van der Waals surface area contributed by atoms with Crippen molar-refractivity contribution in [1.29, 1.82) is 0 Å². The molecule has 20 heavy (non-hydrogen) atoms. The lowest BCUT2D eigenvalue weighted by molar-refractivity contribution is 0.471. The summed E-state index contributed by atoms with van der Waals surface area (Å²) in [7, 11) is 1.94. The van der Waals surface area contributed by atoms with Crippen molar-refractivity contribution in [3.63, 3.8) is 0 Å². The van der Waals surface area contributed by atoms with Gasteiger partial charge in [-0.15, -0.1) is 0 Å². The zero-order valence-corrected chi connectivity index (χ0v) is 11.0. The lowest BCUT2D eigenvalue weighted by Gasteiger charge is -2.08. The summed E-state index contributed by atoms with van der Waals surface area (Å²) in [5.74, 6) is 0.273. The predicted molar refractivity (Wildman–Crippen MR) is 76.1 cm³/mol. The van der Waals surface area contributed by atoms with Gasteiger partial charge in [-0.3, -0.25) is 0 Å². The van der Waals surface area contributed by atoms with Crippen molar-refractivity contribution in [2.75, 3.05) is 5.32 Å². The number of halogens is 1. The number of para-hydroxylation sites is 2. The van der Waals surface area contributed by atoms with Gasteiger partial charge < -0.3 is 15.0 Å². The summed E-state index contributed by atoms with van der Waals surface area (Å²) in [6, 6.07) is 11.8. The molecule has 4 nitrogen and oxygen atoms in total. The van der Waals surface area contributed by atoms with Crippen LogP contribution in [0.1, 0.15) is 5.82 Å². The van der Waals surface area contributed by atoms with Crippen molar-refractivity contribution in [1.82, 2.24) is 9.55 Å². The van der Waals surface area contributed by atoms with Gasteiger partial charge in [-0.1, -0.05) is 12.1 Å². The number of rotatable bonds is 3. The molecule has 1 heterocycles. The fraction of sp³-hybridized carbons (Fsp3) is 0.133. The Bertz CT molecular complexity index is 767. The van der Waals surface area contributed by atoms with Crippen LogP contribution in [0.4, 0.5) is 10.1 Å². The third-order valence-electron chi connectivity index (χ3n) is 3.28. The molecule has 5 heteroatoms. The van der Waals surface area contributed by atoms with E-state index in [2.05, 4.69) is 10.3 Å². The highest BCUT2D eigenvalue weighted by Crippen LogP contribution is 2.24. The van der Waals surface area contributed by atoms with Crippen molar-refractivity contribution in [3.05, 3.63) is 54.1 Å². The van der Waals surface area contributed by atoms with Crippen molar-refractivity contribution in [3.8, 4) is 5.75 Å². The normalized spacial score (nSPS) is 10.9. The molecule has 0 spiro atoms. The van der Waals surface area contributed by atoms with E-state index in [0.717, 1.165) is 22.9 Å². The highest BCUT2D eigenvalue weighted by atomic mass is 19.1. The first-order valence-corrected chi connectivity index (χ1v) is 6.28. The molecule has 0 amide bonds.